The number of ether oxygens (including phenoxy) is 2. The van der Waals surface area contributed by atoms with E-state index in [1.807, 2.05) is 13.8 Å². The molecule has 3 heterocycles. The van der Waals surface area contributed by atoms with E-state index in [1.54, 1.807) is 49.4 Å². The van der Waals surface area contributed by atoms with E-state index in [0.717, 1.165) is 12.8 Å². The van der Waals surface area contributed by atoms with E-state index >= 15 is 0 Å². The number of nitrogens with zero attached hydrogens (tertiary/aromatic N) is 3. The summed E-state index contributed by atoms with van der Waals surface area (Å²) in [6.07, 6.45) is -0.609. The van der Waals surface area contributed by atoms with E-state index < -0.39 is 49.3 Å². The molecule has 2 aliphatic rings. The molecule has 1 aliphatic heterocycles. The second kappa shape index (κ2) is 11.6. The van der Waals surface area contributed by atoms with Crippen LogP contribution in [0.25, 0.3) is 5.52 Å². The van der Waals surface area contributed by atoms with Crippen molar-refractivity contribution in [1.82, 2.24) is 19.7 Å². The van der Waals surface area contributed by atoms with Crippen molar-refractivity contribution >= 4 is 25.1 Å². The van der Waals surface area contributed by atoms with Gasteiger partial charge in [-0.3, -0.25) is 9.32 Å². The lowest BCUT2D eigenvalue weighted by molar-refractivity contribution is -0.146. The fourth-order valence-electron chi connectivity index (χ4n) is 5.40. The minimum atomic E-state index is -4.24. The van der Waals surface area contributed by atoms with Crippen LogP contribution in [0.15, 0.2) is 48.8 Å². The molecule has 5 N–H and O–H groups in total. The normalized spacial score (nSPS) is 29.1. The Hall–Kier alpha value is -3.06. The SMILES string of the molecule is CCC(CC)COC(=O)[C@H](C)N[P@](=O)(Oc1ccccc1)O[C@@H]1CC12O[C@@](C)(c1ccc3c(N)ncnn13)[C@H](O)[C@@H]2O. The lowest BCUT2D eigenvalue weighted by atomic mass is 9.93. The summed E-state index contributed by atoms with van der Waals surface area (Å²) in [6, 6.07) is 10.7. The number of benzene rings is 1. The Labute approximate surface area is 243 Å². The maximum atomic E-state index is 14.1. The molecule has 0 amide bonds. The average Bonchev–Trinajstić information content (AvgIpc) is 3.35. The summed E-state index contributed by atoms with van der Waals surface area (Å²) in [5, 5.41) is 29.3. The molecule has 0 radical (unpaired) electrons. The number of nitrogens with two attached hydrogens (primary N) is 1. The summed E-state index contributed by atoms with van der Waals surface area (Å²) in [6.45, 7) is 7.43. The third-order valence-electron chi connectivity index (χ3n) is 8.20. The first-order valence-corrected chi connectivity index (χ1v) is 15.6. The molecule has 1 saturated carbocycles. The van der Waals surface area contributed by atoms with Gasteiger partial charge in [0.25, 0.3) is 0 Å². The van der Waals surface area contributed by atoms with E-state index in [-0.39, 0.29) is 30.5 Å². The van der Waals surface area contributed by atoms with Crippen molar-refractivity contribution in [2.45, 2.75) is 82.5 Å². The molecule has 2 fully saturated rings. The average molecular weight is 604 g/mol. The zero-order chi connectivity index (χ0) is 30.3. The van der Waals surface area contributed by atoms with Crippen LogP contribution in [0.5, 0.6) is 5.75 Å². The fraction of sp³-hybridized carbons (Fsp3) is 0.536. The van der Waals surface area contributed by atoms with Crippen LogP contribution in [0, 0.1) is 5.92 Å². The maximum absolute atomic E-state index is 14.1. The first-order chi connectivity index (χ1) is 20.0. The van der Waals surface area contributed by atoms with Gasteiger partial charge >= 0.3 is 13.7 Å². The smallest absolute Gasteiger partial charge is 0.459 e. The predicted octanol–water partition coefficient (Wildman–Crippen LogP) is 2.95. The van der Waals surface area contributed by atoms with Gasteiger partial charge in [0.15, 0.2) is 5.82 Å². The van der Waals surface area contributed by atoms with Crippen molar-refractivity contribution < 1.29 is 38.1 Å². The molecular weight excluding hydrogens is 565 g/mol. The Kier molecular flexibility index (Phi) is 8.36. The maximum Gasteiger partial charge on any atom is 0.459 e. The molecule has 13 nitrogen and oxygen atoms in total. The number of fused-ring (bicyclic) bond motifs is 1. The van der Waals surface area contributed by atoms with Gasteiger partial charge in [-0.1, -0.05) is 44.9 Å². The lowest BCUT2D eigenvalue weighted by Crippen LogP contribution is -2.40. The van der Waals surface area contributed by atoms with Gasteiger partial charge in [0.05, 0.1) is 12.3 Å². The Morgan fingerprint density at radius 2 is 1.93 bits per heavy atom. The highest BCUT2D eigenvalue weighted by molar-refractivity contribution is 7.52. The van der Waals surface area contributed by atoms with Crippen LogP contribution in [0.1, 0.15) is 52.7 Å². The minimum absolute atomic E-state index is 0.110. The molecule has 5 rings (SSSR count). The van der Waals surface area contributed by atoms with E-state index in [1.165, 1.54) is 17.8 Å². The summed E-state index contributed by atoms with van der Waals surface area (Å²) in [4.78, 5) is 16.8. The number of hydrogen-bond acceptors (Lipinski definition) is 11. The van der Waals surface area contributed by atoms with Crippen molar-refractivity contribution in [3.8, 4) is 5.75 Å². The third-order valence-corrected chi connectivity index (χ3v) is 9.89. The molecule has 228 valence electrons. The Morgan fingerprint density at radius 3 is 2.62 bits per heavy atom. The quantitative estimate of drug-likeness (QED) is 0.176. The number of rotatable bonds is 12. The number of aliphatic hydroxyl groups is 2. The van der Waals surface area contributed by atoms with Crippen molar-refractivity contribution in [3.05, 3.63) is 54.5 Å². The molecule has 1 unspecified atom stereocenters. The van der Waals surface area contributed by atoms with Gasteiger partial charge in [0.2, 0.25) is 0 Å². The molecule has 1 spiro atoms. The van der Waals surface area contributed by atoms with Crippen LogP contribution in [-0.2, 0) is 29.0 Å². The van der Waals surface area contributed by atoms with Crippen LogP contribution in [0.3, 0.4) is 0 Å². The summed E-state index contributed by atoms with van der Waals surface area (Å²) >= 11 is 0. The van der Waals surface area contributed by atoms with E-state index in [2.05, 4.69) is 15.2 Å². The molecule has 1 saturated heterocycles. The van der Waals surface area contributed by atoms with Crippen molar-refractivity contribution in [2.24, 2.45) is 5.92 Å². The molecule has 7 atom stereocenters. The van der Waals surface area contributed by atoms with Crippen molar-refractivity contribution in [1.29, 1.82) is 0 Å². The standard InChI is InChI=1S/C28H38N5O8P/c1-5-18(6-2)15-38-26(36)17(3)32-42(37,39-19-10-8-7-9-11-19)40-22-14-28(22)24(35)23(34)27(4,41-28)21-13-12-20-25(29)30-16-31-33(20)21/h7-13,16-18,22-24,34-35H,5-6,14-15H2,1-4H3,(H,32,37)(H2,29,30,31)/t17-,22+,23+,24-,27-,28?,42-/m0/s1. The van der Waals surface area contributed by atoms with Crippen molar-refractivity contribution in [2.75, 3.05) is 12.3 Å². The molecule has 42 heavy (non-hydrogen) atoms. The van der Waals surface area contributed by atoms with Gasteiger partial charge in [-0.2, -0.15) is 10.2 Å². The van der Waals surface area contributed by atoms with Crippen LogP contribution < -0.4 is 15.3 Å². The molecule has 14 heteroatoms. The lowest BCUT2D eigenvalue weighted by Gasteiger charge is -2.27. The highest BCUT2D eigenvalue weighted by Gasteiger charge is 2.74. The fourth-order valence-corrected chi connectivity index (χ4v) is 7.12. The molecule has 1 aliphatic carbocycles. The van der Waals surface area contributed by atoms with Gasteiger partial charge < -0.3 is 29.9 Å². The molecule has 0 bridgehead atoms. The number of carbonyl (C=O) groups excluding carboxylic acids is 1. The zero-order valence-corrected chi connectivity index (χ0v) is 24.9. The van der Waals surface area contributed by atoms with Gasteiger partial charge in [-0.15, -0.1) is 0 Å². The second-order valence-electron chi connectivity index (χ2n) is 11.1. The summed E-state index contributed by atoms with van der Waals surface area (Å²) in [5.74, 6) is 0.107. The number of para-hydroxylation sites is 1. The largest absolute Gasteiger partial charge is 0.464 e. The van der Waals surface area contributed by atoms with E-state index in [9.17, 15) is 19.6 Å². The van der Waals surface area contributed by atoms with E-state index in [4.69, 9.17) is 24.3 Å². The number of hydrogen-bond donors (Lipinski definition) is 4. The molecule has 1 aromatic carbocycles. The van der Waals surface area contributed by atoms with Gasteiger partial charge in [-0.25, -0.2) is 14.1 Å². The highest BCUT2D eigenvalue weighted by Crippen LogP contribution is 2.62. The summed E-state index contributed by atoms with van der Waals surface area (Å²) in [5.41, 5.74) is 4.11. The van der Waals surface area contributed by atoms with Crippen LogP contribution in [-0.4, -0.2) is 67.3 Å². The van der Waals surface area contributed by atoms with Crippen LogP contribution >= 0.6 is 7.75 Å². The Balaban J connectivity index is 1.36. The zero-order valence-electron chi connectivity index (χ0n) is 24.0. The number of esters is 1. The highest BCUT2D eigenvalue weighted by atomic mass is 31.2. The van der Waals surface area contributed by atoms with Crippen LogP contribution in [0.4, 0.5) is 5.82 Å². The topological polar surface area (TPSA) is 180 Å². The number of nitrogen functional groups attached to an aromatic ring is 1. The molecule has 3 aromatic rings. The third kappa shape index (κ3) is 5.52. The Bertz CT molecular complexity index is 1470. The Morgan fingerprint density at radius 1 is 1.21 bits per heavy atom. The monoisotopic (exact) mass is 603 g/mol. The number of aliphatic hydroxyl groups excluding tert-OH is 2. The van der Waals surface area contributed by atoms with Gasteiger partial charge in [0, 0.05) is 6.42 Å². The first kappa shape index (κ1) is 30.4. The number of aromatic nitrogens is 3. The summed E-state index contributed by atoms with van der Waals surface area (Å²) < 4.78 is 39.2. The van der Waals surface area contributed by atoms with Gasteiger partial charge in [0.1, 0.15) is 53.1 Å². The minimum Gasteiger partial charge on any atom is -0.464 e. The van der Waals surface area contributed by atoms with E-state index in [0.29, 0.717) is 11.2 Å². The van der Waals surface area contributed by atoms with Crippen molar-refractivity contribution in [3.63, 3.8) is 0 Å². The number of anilines is 1. The number of nitrogens with one attached hydrogen (secondary N) is 1. The molecular formula is C28H38N5O8P. The second-order valence-corrected chi connectivity index (χ2v) is 12.7. The first-order valence-electron chi connectivity index (χ1n) is 14.1. The summed E-state index contributed by atoms with van der Waals surface area (Å²) in [7, 11) is -4.24. The number of carbonyl (C=O) groups is 1. The van der Waals surface area contributed by atoms with Crippen LogP contribution in [0.2, 0.25) is 0 Å². The predicted molar refractivity (Wildman–Crippen MR) is 152 cm³/mol. The molecule has 2 aromatic heterocycles. The van der Waals surface area contributed by atoms with Gasteiger partial charge in [-0.05, 0) is 44.0 Å².